The Morgan fingerprint density at radius 3 is 2.36 bits per heavy atom. The van der Waals surface area contributed by atoms with Crippen LogP contribution in [0.1, 0.15) is 16.0 Å². The van der Waals surface area contributed by atoms with Crippen molar-refractivity contribution in [1.82, 2.24) is 9.13 Å². The van der Waals surface area contributed by atoms with Crippen molar-refractivity contribution < 1.29 is 0 Å². The Bertz CT molecular complexity index is 1370. The Morgan fingerprint density at radius 1 is 0.970 bits per heavy atom. The molecule has 7 nitrogen and oxygen atoms in total. The van der Waals surface area contributed by atoms with Crippen molar-refractivity contribution >= 4 is 34.7 Å². The first-order valence-electron chi connectivity index (χ1n) is 10.5. The number of aromatic nitrogens is 2. The first-order valence-corrected chi connectivity index (χ1v) is 11.3. The highest BCUT2D eigenvalue weighted by molar-refractivity contribution is 7.09. The van der Waals surface area contributed by atoms with Crippen LogP contribution in [0.5, 0.6) is 0 Å². The van der Waals surface area contributed by atoms with Crippen LogP contribution in [-0.4, -0.2) is 15.3 Å². The van der Waals surface area contributed by atoms with Crippen LogP contribution in [0.4, 0.5) is 17.2 Å². The van der Waals surface area contributed by atoms with E-state index in [1.807, 2.05) is 83.9 Å². The lowest BCUT2D eigenvalue weighted by molar-refractivity contribution is 0.675. The molecule has 0 fully saturated rings. The van der Waals surface area contributed by atoms with Crippen molar-refractivity contribution in [1.29, 1.82) is 0 Å². The molecule has 0 aliphatic carbocycles. The third-order valence-corrected chi connectivity index (χ3v) is 6.19. The van der Waals surface area contributed by atoms with Gasteiger partial charge in [-0.05, 0) is 42.6 Å². The predicted molar refractivity (Wildman–Crippen MR) is 136 cm³/mol. The molecule has 0 saturated heterocycles. The zero-order chi connectivity index (χ0) is 23.4. The average molecular weight is 460 g/mol. The van der Waals surface area contributed by atoms with Gasteiger partial charge < -0.3 is 4.90 Å². The summed E-state index contributed by atoms with van der Waals surface area (Å²) in [6.45, 7) is 2.53. The summed E-state index contributed by atoms with van der Waals surface area (Å²) < 4.78 is 2.60. The maximum Gasteiger partial charge on any atom is 0.332 e. The molecule has 0 unspecified atom stereocenters. The zero-order valence-corrected chi connectivity index (χ0v) is 19.5. The molecule has 0 aliphatic heterocycles. The summed E-state index contributed by atoms with van der Waals surface area (Å²) in [5.41, 5.74) is 5.27. The third kappa shape index (κ3) is 4.80. The number of thiophene rings is 1. The minimum Gasteiger partial charge on any atom is -0.322 e. The maximum absolute atomic E-state index is 13.2. The van der Waals surface area contributed by atoms with Gasteiger partial charge in [0.2, 0.25) is 0 Å². The van der Waals surface area contributed by atoms with Crippen LogP contribution in [0.3, 0.4) is 0 Å². The molecule has 2 aromatic heterocycles. The number of nitrogens with zero attached hydrogens (tertiary/aromatic N) is 4. The maximum atomic E-state index is 13.2. The smallest absolute Gasteiger partial charge is 0.322 e. The van der Waals surface area contributed by atoms with Gasteiger partial charge in [0.25, 0.3) is 5.56 Å². The molecule has 0 spiro atoms. The molecule has 8 heteroatoms. The first kappa shape index (κ1) is 22.3. The van der Waals surface area contributed by atoms with Gasteiger partial charge in [0.05, 0.1) is 18.4 Å². The second kappa shape index (κ2) is 9.70. The Hall–Kier alpha value is -3.91. The fourth-order valence-electron chi connectivity index (χ4n) is 3.55. The molecule has 0 bridgehead atoms. The molecule has 2 heterocycles. The van der Waals surface area contributed by atoms with Crippen molar-refractivity contribution in [3.8, 4) is 0 Å². The van der Waals surface area contributed by atoms with Crippen LogP contribution in [0, 0.1) is 6.92 Å². The van der Waals surface area contributed by atoms with Gasteiger partial charge in [-0.25, -0.2) is 4.79 Å². The van der Waals surface area contributed by atoms with Crippen LogP contribution in [-0.2, 0) is 20.6 Å². The van der Waals surface area contributed by atoms with Gasteiger partial charge in [-0.1, -0.05) is 42.0 Å². The largest absolute Gasteiger partial charge is 0.332 e. The van der Waals surface area contributed by atoms with E-state index in [0.29, 0.717) is 17.9 Å². The molecule has 4 aromatic rings. The van der Waals surface area contributed by atoms with E-state index in [4.69, 9.17) is 0 Å². The molecule has 4 rings (SSSR count). The first-order chi connectivity index (χ1) is 16.0. The van der Waals surface area contributed by atoms with Crippen LogP contribution in [0.2, 0.25) is 0 Å². The van der Waals surface area contributed by atoms with Gasteiger partial charge in [0, 0.05) is 24.7 Å². The van der Waals surface area contributed by atoms with Gasteiger partial charge in [0.15, 0.2) is 0 Å². The van der Waals surface area contributed by atoms with E-state index in [1.165, 1.54) is 17.8 Å². The third-order valence-electron chi connectivity index (χ3n) is 5.32. The normalized spacial score (nSPS) is 11.1. The second-order valence-corrected chi connectivity index (χ2v) is 8.71. The monoisotopic (exact) mass is 459 g/mol. The SMILES string of the molecule is Cc1ccc(N(Cc2cccs2)c2c(/C=N/Nc3ccccc3)c(=O)n(C)c(=O)n2C)cc1. The van der Waals surface area contributed by atoms with Crippen molar-refractivity contribution in [3.63, 3.8) is 0 Å². The number of hydrogen-bond donors (Lipinski definition) is 1. The van der Waals surface area contributed by atoms with E-state index in [9.17, 15) is 9.59 Å². The van der Waals surface area contributed by atoms with Crippen molar-refractivity contribution in [2.24, 2.45) is 19.2 Å². The number of para-hydroxylation sites is 1. The average Bonchev–Trinajstić information content (AvgIpc) is 3.34. The van der Waals surface area contributed by atoms with Crippen molar-refractivity contribution in [2.45, 2.75) is 13.5 Å². The van der Waals surface area contributed by atoms with E-state index in [0.717, 1.165) is 26.4 Å². The summed E-state index contributed by atoms with van der Waals surface area (Å²) in [4.78, 5) is 29.2. The van der Waals surface area contributed by atoms with Gasteiger partial charge in [0.1, 0.15) is 11.4 Å². The minimum atomic E-state index is -0.407. The number of benzene rings is 2. The van der Waals surface area contributed by atoms with E-state index < -0.39 is 11.2 Å². The number of nitrogens with one attached hydrogen (secondary N) is 1. The Balaban J connectivity index is 1.87. The topological polar surface area (TPSA) is 71.6 Å². The number of hydrazone groups is 1. The lowest BCUT2D eigenvalue weighted by Crippen LogP contribution is -2.42. The number of hydrogen-bond acceptors (Lipinski definition) is 6. The van der Waals surface area contributed by atoms with Crippen LogP contribution in [0.15, 0.2) is 86.8 Å². The van der Waals surface area contributed by atoms with Crippen LogP contribution < -0.4 is 21.6 Å². The molecule has 0 atom stereocenters. The van der Waals surface area contributed by atoms with Gasteiger partial charge in [-0.2, -0.15) is 5.10 Å². The van der Waals surface area contributed by atoms with E-state index in [2.05, 4.69) is 10.5 Å². The van der Waals surface area contributed by atoms with Crippen LogP contribution >= 0.6 is 11.3 Å². The molecule has 0 radical (unpaired) electrons. The molecule has 0 amide bonds. The minimum absolute atomic E-state index is 0.320. The number of aryl methyl sites for hydroxylation is 1. The Kier molecular flexibility index (Phi) is 6.55. The molecule has 168 valence electrons. The summed E-state index contributed by atoms with van der Waals surface area (Å²) in [6, 6.07) is 21.5. The summed E-state index contributed by atoms with van der Waals surface area (Å²) in [5, 5.41) is 6.32. The molecular formula is C25H25N5O2S. The predicted octanol–water partition coefficient (Wildman–Crippen LogP) is 4.24. The molecule has 1 N–H and O–H groups in total. The van der Waals surface area contributed by atoms with Gasteiger partial charge in [-0.15, -0.1) is 11.3 Å². The summed E-state index contributed by atoms with van der Waals surface area (Å²) in [6.07, 6.45) is 1.49. The number of rotatable bonds is 7. The summed E-state index contributed by atoms with van der Waals surface area (Å²) in [7, 11) is 3.15. The lowest BCUT2D eigenvalue weighted by atomic mass is 10.2. The highest BCUT2D eigenvalue weighted by atomic mass is 32.1. The van der Waals surface area contributed by atoms with Crippen LogP contribution in [0.25, 0.3) is 0 Å². The summed E-state index contributed by atoms with van der Waals surface area (Å²) >= 11 is 1.62. The Labute approximate surface area is 195 Å². The van der Waals surface area contributed by atoms with E-state index in [-0.39, 0.29) is 0 Å². The summed E-state index contributed by atoms with van der Waals surface area (Å²) in [5.74, 6) is 0.485. The lowest BCUT2D eigenvalue weighted by Gasteiger charge is -2.28. The Morgan fingerprint density at radius 2 is 1.70 bits per heavy atom. The molecule has 33 heavy (non-hydrogen) atoms. The molecule has 2 aromatic carbocycles. The standard InChI is InChI=1S/C25H25N5O2S/c1-18-11-13-20(14-12-18)30(17-21-10-7-15-33-21)23-22(24(31)29(3)25(32)28(23)2)16-26-27-19-8-5-4-6-9-19/h4-16,27H,17H2,1-3H3/b26-16+. The van der Waals surface area contributed by atoms with Gasteiger partial charge >= 0.3 is 5.69 Å². The highest BCUT2D eigenvalue weighted by Gasteiger charge is 2.22. The van der Waals surface area contributed by atoms with E-state index >= 15 is 0 Å². The van der Waals surface area contributed by atoms with Crippen molar-refractivity contribution in [2.75, 3.05) is 10.3 Å². The fraction of sp³-hybridized carbons (Fsp3) is 0.160. The quantitative estimate of drug-likeness (QED) is 0.332. The fourth-order valence-corrected chi connectivity index (χ4v) is 4.25. The second-order valence-electron chi connectivity index (χ2n) is 7.68. The molecule has 0 aliphatic rings. The van der Waals surface area contributed by atoms with Gasteiger partial charge in [-0.3, -0.25) is 19.4 Å². The number of anilines is 3. The highest BCUT2D eigenvalue weighted by Crippen LogP contribution is 2.29. The van der Waals surface area contributed by atoms with Crippen molar-refractivity contribution in [3.05, 3.63) is 109 Å². The molecular weight excluding hydrogens is 434 g/mol. The van der Waals surface area contributed by atoms with E-state index in [1.54, 1.807) is 18.4 Å². The zero-order valence-electron chi connectivity index (χ0n) is 18.7. The molecule has 0 saturated carbocycles.